The molecule has 0 radical (unpaired) electrons. The van der Waals surface area contributed by atoms with Crippen molar-refractivity contribution in [2.24, 2.45) is 0 Å². The summed E-state index contributed by atoms with van der Waals surface area (Å²) in [4.78, 5) is 10.4. The van der Waals surface area contributed by atoms with Crippen LogP contribution >= 0.6 is 0 Å². The van der Waals surface area contributed by atoms with Gasteiger partial charge in [-0.15, -0.1) is 0 Å². The van der Waals surface area contributed by atoms with Gasteiger partial charge in [-0.2, -0.15) is 0 Å². The van der Waals surface area contributed by atoms with Gasteiger partial charge in [0.15, 0.2) is 5.76 Å². The van der Waals surface area contributed by atoms with Crippen molar-refractivity contribution < 1.29 is 23.8 Å². The van der Waals surface area contributed by atoms with Gasteiger partial charge >= 0.3 is 5.97 Å². The van der Waals surface area contributed by atoms with E-state index in [0.717, 1.165) is 0 Å². The standard InChI is InChI=1S/C8H10O5/c1-11-8(12-2)6-4-3-5(13-6)7(9)10/h3-4,8H,1-2H3,(H,9,10). The molecule has 13 heavy (non-hydrogen) atoms. The Morgan fingerprint density at radius 3 is 2.46 bits per heavy atom. The first kappa shape index (κ1) is 9.76. The SMILES string of the molecule is COC(OC)c1ccc(C(=O)O)o1. The molecule has 0 aliphatic heterocycles. The first-order chi connectivity index (χ1) is 6.19. The second-order valence-electron chi connectivity index (χ2n) is 2.31. The average molecular weight is 186 g/mol. The maximum atomic E-state index is 10.4. The predicted octanol–water partition coefficient (Wildman–Crippen LogP) is 1.27. The molecule has 1 rings (SSSR count). The molecule has 72 valence electrons. The van der Waals surface area contributed by atoms with Crippen LogP contribution in [0, 0.1) is 0 Å². The lowest BCUT2D eigenvalue weighted by molar-refractivity contribution is -0.118. The van der Waals surface area contributed by atoms with E-state index in [9.17, 15) is 4.79 Å². The third kappa shape index (κ3) is 2.07. The summed E-state index contributed by atoms with van der Waals surface area (Å²) < 4.78 is 14.7. The monoisotopic (exact) mass is 186 g/mol. The van der Waals surface area contributed by atoms with Gasteiger partial charge in [-0.3, -0.25) is 0 Å². The molecule has 0 aliphatic rings. The van der Waals surface area contributed by atoms with E-state index < -0.39 is 12.3 Å². The van der Waals surface area contributed by atoms with Crippen LogP contribution in [0.1, 0.15) is 22.6 Å². The molecule has 0 fully saturated rings. The lowest BCUT2D eigenvalue weighted by atomic mass is 10.4. The van der Waals surface area contributed by atoms with Gasteiger partial charge in [0.2, 0.25) is 12.1 Å². The first-order valence-corrected chi connectivity index (χ1v) is 3.57. The van der Waals surface area contributed by atoms with Crippen molar-refractivity contribution in [1.29, 1.82) is 0 Å². The minimum Gasteiger partial charge on any atom is -0.475 e. The topological polar surface area (TPSA) is 68.9 Å². The van der Waals surface area contributed by atoms with Crippen molar-refractivity contribution in [1.82, 2.24) is 0 Å². The Morgan fingerprint density at radius 2 is 2.08 bits per heavy atom. The molecule has 0 spiro atoms. The van der Waals surface area contributed by atoms with Crippen LogP contribution in [0.2, 0.25) is 0 Å². The highest BCUT2D eigenvalue weighted by Gasteiger charge is 2.16. The fourth-order valence-electron chi connectivity index (χ4n) is 0.923. The molecule has 5 heteroatoms. The molecule has 0 amide bonds. The Morgan fingerprint density at radius 1 is 1.46 bits per heavy atom. The van der Waals surface area contributed by atoms with E-state index in [1.165, 1.54) is 26.4 Å². The van der Waals surface area contributed by atoms with Crippen LogP contribution in [-0.2, 0) is 9.47 Å². The van der Waals surface area contributed by atoms with Crippen LogP contribution in [0.5, 0.6) is 0 Å². The lowest BCUT2D eigenvalue weighted by Gasteiger charge is -2.09. The van der Waals surface area contributed by atoms with Crippen molar-refractivity contribution in [2.75, 3.05) is 14.2 Å². The normalized spacial score (nSPS) is 10.7. The number of ether oxygens (including phenoxy) is 2. The third-order valence-corrected chi connectivity index (χ3v) is 1.50. The molecule has 0 atom stereocenters. The molecule has 5 nitrogen and oxygen atoms in total. The number of aromatic carboxylic acids is 1. The first-order valence-electron chi connectivity index (χ1n) is 3.57. The summed E-state index contributed by atoms with van der Waals surface area (Å²) >= 11 is 0. The van der Waals surface area contributed by atoms with Crippen molar-refractivity contribution >= 4 is 5.97 Å². The maximum Gasteiger partial charge on any atom is 0.371 e. The number of methoxy groups -OCH3 is 2. The molecule has 1 N–H and O–H groups in total. The van der Waals surface area contributed by atoms with Gasteiger partial charge in [0.25, 0.3) is 0 Å². The molecule has 0 unspecified atom stereocenters. The van der Waals surface area contributed by atoms with Gasteiger partial charge in [-0.25, -0.2) is 4.79 Å². The minimum absolute atomic E-state index is 0.130. The molecule has 1 heterocycles. The third-order valence-electron chi connectivity index (χ3n) is 1.50. The van der Waals surface area contributed by atoms with Gasteiger partial charge in [-0.05, 0) is 12.1 Å². The number of carboxylic acid groups (broad SMARTS) is 1. The number of furan rings is 1. The number of carbonyl (C=O) groups is 1. The molecule has 1 aromatic rings. The summed E-state index contributed by atoms with van der Waals surface area (Å²) in [6.07, 6.45) is -0.659. The summed E-state index contributed by atoms with van der Waals surface area (Å²) in [5.74, 6) is -0.909. The molecular weight excluding hydrogens is 176 g/mol. The quantitative estimate of drug-likeness (QED) is 0.717. The fraction of sp³-hybridized carbons (Fsp3) is 0.375. The van der Waals surface area contributed by atoms with Gasteiger partial charge in [-0.1, -0.05) is 0 Å². The van der Waals surface area contributed by atoms with Gasteiger partial charge in [0.1, 0.15) is 0 Å². The Labute approximate surface area is 74.9 Å². The van der Waals surface area contributed by atoms with Gasteiger partial charge in [0.05, 0.1) is 0 Å². The van der Waals surface area contributed by atoms with Crippen LogP contribution in [0.4, 0.5) is 0 Å². The summed E-state index contributed by atoms with van der Waals surface area (Å²) in [6.45, 7) is 0. The Balaban J connectivity index is 2.84. The summed E-state index contributed by atoms with van der Waals surface area (Å²) in [6, 6.07) is 2.85. The number of hydrogen-bond acceptors (Lipinski definition) is 4. The highest BCUT2D eigenvalue weighted by atomic mass is 16.7. The van der Waals surface area contributed by atoms with E-state index in [0.29, 0.717) is 5.76 Å². The zero-order chi connectivity index (χ0) is 9.84. The zero-order valence-electron chi connectivity index (χ0n) is 7.31. The van der Waals surface area contributed by atoms with Crippen LogP contribution in [0.3, 0.4) is 0 Å². The molecule has 1 aromatic heterocycles. The fourth-order valence-corrected chi connectivity index (χ4v) is 0.923. The Bertz CT molecular complexity index is 286. The molecule has 0 bridgehead atoms. The number of hydrogen-bond donors (Lipinski definition) is 1. The molecule has 0 saturated heterocycles. The summed E-state index contributed by atoms with van der Waals surface area (Å²) in [5.41, 5.74) is 0. The largest absolute Gasteiger partial charge is 0.475 e. The van der Waals surface area contributed by atoms with E-state index in [2.05, 4.69) is 0 Å². The smallest absolute Gasteiger partial charge is 0.371 e. The van der Waals surface area contributed by atoms with Crippen LogP contribution in [0.25, 0.3) is 0 Å². The van der Waals surface area contributed by atoms with Crippen LogP contribution in [0.15, 0.2) is 16.5 Å². The molecule has 0 aliphatic carbocycles. The van der Waals surface area contributed by atoms with E-state index in [1.54, 1.807) is 0 Å². The van der Waals surface area contributed by atoms with E-state index in [4.69, 9.17) is 19.0 Å². The van der Waals surface area contributed by atoms with E-state index in [1.807, 2.05) is 0 Å². The summed E-state index contributed by atoms with van der Waals surface area (Å²) in [7, 11) is 2.88. The van der Waals surface area contributed by atoms with Crippen molar-refractivity contribution in [3.8, 4) is 0 Å². The highest BCUT2D eigenvalue weighted by Crippen LogP contribution is 2.19. The molecule has 0 saturated carbocycles. The van der Waals surface area contributed by atoms with Crippen molar-refractivity contribution in [2.45, 2.75) is 6.29 Å². The van der Waals surface area contributed by atoms with Crippen LogP contribution < -0.4 is 0 Å². The summed E-state index contributed by atoms with van der Waals surface area (Å²) in [5, 5.41) is 8.55. The molecule has 0 aromatic carbocycles. The van der Waals surface area contributed by atoms with Crippen molar-refractivity contribution in [3.05, 3.63) is 23.7 Å². The number of carboxylic acids is 1. The van der Waals surface area contributed by atoms with Gasteiger partial charge < -0.3 is 19.0 Å². The average Bonchev–Trinajstić information content (AvgIpc) is 2.56. The second-order valence-corrected chi connectivity index (χ2v) is 2.31. The second kappa shape index (κ2) is 4.06. The van der Waals surface area contributed by atoms with Gasteiger partial charge in [0, 0.05) is 14.2 Å². The van der Waals surface area contributed by atoms with Crippen molar-refractivity contribution in [3.63, 3.8) is 0 Å². The Kier molecular flexibility index (Phi) is 3.05. The van der Waals surface area contributed by atoms with E-state index in [-0.39, 0.29) is 5.76 Å². The highest BCUT2D eigenvalue weighted by molar-refractivity contribution is 5.84. The Hall–Kier alpha value is -1.33. The zero-order valence-corrected chi connectivity index (χ0v) is 7.31. The molecular formula is C8H10O5. The van der Waals surface area contributed by atoms with E-state index >= 15 is 0 Å². The van der Waals surface area contributed by atoms with Crippen LogP contribution in [-0.4, -0.2) is 25.3 Å². The minimum atomic E-state index is -1.11. The maximum absolute atomic E-state index is 10.4. The number of rotatable bonds is 4. The lowest BCUT2D eigenvalue weighted by Crippen LogP contribution is -2.02. The predicted molar refractivity (Wildman–Crippen MR) is 42.4 cm³/mol.